The third-order valence-electron chi connectivity index (χ3n) is 3.70. The van der Waals surface area contributed by atoms with Gasteiger partial charge in [-0.25, -0.2) is 4.79 Å². The van der Waals surface area contributed by atoms with Crippen molar-refractivity contribution in [3.63, 3.8) is 0 Å². The van der Waals surface area contributed by atoms with E-state index in [-0.39, 0.29) is 10.9 Å². The molecule has 0 bridgehead atoms. The zero-order chi connectivity index (χ0) is 18.6. The van der Waals surface area contributed by atoms with Crippen molar-refractivity contribution >= 4 is 17.3 Å². The van der Waals surface area contributed by atoms with Gasteiger partial charge in [0.05, 0.1) is 18.4 Å². The molecule has 0 spiro atoms. The van der Waals surface area contributed by atoms with E-state index in [9.17, 15) is 10.0 Å². The van der Waals surface area contributed by atoms with E-state index in [2.05, 4.69) is 0 Å². The molecule has 1 aromatic heterocycles. The Labute approximate surface area is 145 Å². The summed E-state index contributed by atoms with van der Waals surface area (Å²) in [6.45, 7) is 5.40. The number of nitrogens with zero attached hydrogens (tertiary/aromatic N) is 1. The second kappa shape index (κ2) is 7.83. The molecule has 0 saturated carbocycles. The molecule has 0 aliphatic rings. The van der Waals surface area contributed by atoms with Gasteiger partial charge in [-0.05, 0) is 44.0 Å². The standard InChI is InChI=1S/C19H20NO5/c1-12(10-15-5-7-16(8-6-15)20(22)23)9-13(2)17-11-18(24-4)14(3)19(21)25-17/h5-11,22H,1-4H3/q-1. The van der Waals surface area contributed by atoms with Crippen LogP contribution < -0.4 is 15.6 Å². The van der Waals surface area contributed by atoms with Crippen LogP contribution in [-0.4, -0.2) is 12.3 Å². The van der Waals surface area contributed by atoms with Gasteiger partial charge >= 0.3 is 5.63 Å². The Morgan fingerprint density at radius 1 is 1.28 bits per heavy atom. The van der Waals surface area contributed by atoms with Gasteiger partial charge in [-0.2, -0.15) is 0 Å². The van der Waals surface area contributed by atoms with E-state index < -0.39 is 5.63 Å². The number of hydrogen-bond donors (Lipinski definition) is 1. The third-order valence-corrected chi connectivity index (χ3v) is 3.70. The van der Waals surface area contributed by atoms with Crippen LogP contribution in [0.1, 0.15) is 30.7 Å². The summed E-state index contributed by atoms with van der Waals surface area (Å²) in [6.07, 6.45) is 3.79. The number of hydrogen-bond acceptors (Lipinski definition) is 6. The van der Waals surface area contributed by atoms with Gasteiger partial charge in [-0.3, -0.25) is 5.21 Å². The summed E-state index contributed by atoms with van der Waals surface area (Å²) in [5.41, 5.74) is 2.75. The topological polar surface area (TPSA) is 86.0 Å². The lowest BCUT2D eigenvalue weighted by molar-refractivity contribution is 0.296. The Balaban J connectivity index is 2.29. The van der Waals surface area contributed by atoms with Crippen LogP contribution in [0.2, 0.25) is 0 Å². The Bertz CT molecular complexity index is 860. The average Bonchev–Trinajstić information content (AvgIpc) is 2.57. The van der Waals surface area contributed by atoms with E-state index >= 15 is 0 Å². The summed E-state index contributed by atoms with van der Waals surface area (Å²) < 4.78 is 10.5. The Morgan fingerprint density at radius 3 is 2.48 bits per heavy atom. The molecule has 0 saturated heterocycles. The molecule has 1 heterocycles. The summed E-state index contributed by atoms with van der Waals surface area (Å²) in [5.74, 6) is 0.931. The minimum absolute atomic E-state index is 0.162. The molecular formula is C19H20NO5-. The van der Waals surface area contributed by atoms with E-state index in [1.165, 1.54) is 19.2 Å². The smallest absolute Gasteiger partial charge is 0.342 e. The first-order valence-electron chi connectivity index (χ1n) is 7.63. The van der Waals surface area contributed by atoms with Gasteiger partial charge in [-0.1, -0.05) is 29.9 Å². The first kappa shape index (κ1) is 18.5. The van der Waals surface area contributed by atoms with Crippen molar-refractivity contribution in [1.29, 1.82) is 0 Å². The molecule has 2 rings (SSSR count). The number of rotatable bonds is 5. The largest absolute Gasteiger partial charge is 0.733 e. The van der Waals surface area contributed by atoms with Crippen LogP contribution >= 0.6 is 0 Å². The molecule has 0 fully saturated rings. The van der Waals surface area contributed by atoms with Crippen LogP contribution in [0.4, 0.5) is 5.69 Å². The first-order valence-corrected chi connectivity index (χ1v) is 7.63. The SMILES string of the molecule is COc1cc(C(C)=CC(C)=Cc2ccc(N([O-])O)cc2)oc(=O)c1C. The maximum atomic E-state index is 11.8. The molecule has 1 aromatic carbocycles. The van der Waals surface area contributed by atoms with E-state index in [4.69, 9.17) is 14.4 Å². The molecule has 0 aliphatic heterocycles. The second-order valence-electron chi connectivity index (χ2n) is 5.67. The van der Waals surface area contributed by atoms with Crippen LogP contribution in [0, 0.1) is 12.1 Å². The Morgan fingerprint density at radius 2 is 1.92 bits per heavy atom. The number of methoxy groups -OCH3 is 1. The molecule has 25 heavy (non-hydrogen) atoms. The molecule has 0 amide bonds. The molecular weight excluding hydrogens is 322 g/mol. The van der Waals surface area contributed by atoms with Gasteiger partial charge in [-0.15, -0.1) is 0 Å². The van der Waals surface area contributed by atoms with E-state index in [1.54, 1.807) is 25.1 Å². The van der Waals surface area contributed by atoms with Crippen molar-refractivity contribution in [2.45, 2.75) is 20.8 Å². The quantitative estimate of drug-likeness (QED) is 0.649. The highest BCUT2D eigenvalue weighted by Crippen LogP contribution is 2.22. The zero-order valence-corrected chi connectivity index (χ0v) is 14.6. The fourth-order valence-corrected chi connectivity index (χ4v) is 2.36. The fourth-order valence-electron chi connectivity index (χ4n) is 2.36. The van der Waals surface area contributed by atoms with Crippen molar-refractivity contribution in [3.8, 4) is 5.75 Å². The molecule has 0 aliphatic carbocycles. The third kappa shape index (κ3) is 4.59. The average molecular weight is 342 g/mol. The molecule has 6 nitrogen and oxygen atoms in total. The van der Waals surface area contributed by atoms with Gasteiger partial charge in [0.1, 0.15) is 11.5 Å². The molecule has 6 heteroatoms. The Hall–Kier alpha value is -2.83. The number of anilines is 1. The fraction of sp³-hybridized carbons (Fsp3) is 0.211. The molecule has 0 unspecified atom stereocenters. The highest BCUT2D eigenvalue weighted by molar-refractivity contribution is 5.68. The van der Waals surface area contributed by atoms with Crippen molar-refractivity contribution < 1.29 is 14.4 Å². The monoisotopic (exact) mass is 342 g/mol. The second-order valence-corrected chi connectivity index (χ2v) is 5.67. The van der Waals surface area contributed by atoms with Crippen LogP contribution in [0.3, 0.4) is 0 Å². The lowest BCUT2D eigenvalue weighted by Crippen LogP contribution is -2.06. The molecule has 1 N–H and O–H groups in total. The summed E-state index contributed by atoms with van der Waals surface area (Å²) >= 11 is 0. The molecule has 0 atom stereocenters. The lowest BCUT2D eigenvalue weighted by atomic mass is 10.1. The first-order chi connectivity index (χ1) is 11.8. The maximum Gasteiger partial charge on any atom is 0.342 e. The van der Waals surface area contributed by atoms with E-state index in [1.807, 2.05) is 26.0 Å². The molecule has 132 valence electrons. The minimum Gasteiger partial charge on any atom is -0.733 e. The van der Waals surface area contributed by atoms with Crippen molar-refractivity contribution in [3.05, 3.63) is 74.5 Å². The van der Waals surface area contributed by atoms with Crippen molar-refractivity contribution in [2.75, 3.05) is 12.3 Å². The van der Waals surface area contributed by atoms with Gasteiger partial charge in [0.15, 0.2) is 0 Å². The van der Waals surface area contributed by atoms with Gasteiger partial charge in [0.25, 0.3) is 0 Å². The van der Waals surface area contributed by atoms with Gasteiger partial charge < -0.3 is 19.6 Å². The van der Waals surface area contributed by atoms with Crippen molar-refractivity contribution in [1.82, 2.24) is 0 Å². The number of allylic oxidation sites excluding steroid dienone is 3. The summed E-state index contributed by atoms with van der Waals surface area (Å²) in [4.78, 5) is 11.8. The number of benzene rings is 1. The van der Waals surface area contributed by atoms with Crippen LogP contribution in [0.5, 0.6) is 5.75 Å². The normalized spacial score (nSPS) is 12.2. The number of ether oxygens (including phenoxy) is 1. The van der Waals surface area contributed by atoms with Gasteiger partial charge in [0.2, 0.25) is 0 Å². The highest BCUT2D eigenvalue weighted by Gasteiger charge is 2.09. The lowest BCUT2D eigenvalue weighted by Gasteiger charge is -2.21. The predicted octanol–water partition coefficient (Wildman–Crippen LogP) is 4.16. The maximum absolute atomic E-state index is 11.8. The summed E-state index contributed by atoms with van der Waals surface area (Å²) in [6, 6.07) is 8.17. The summed E-state index contributed by atoms with van der Waals surface area (Å²) in [7, 11) is 1.51. The van der Waals surface area contributed by atoms with E-state index in [0.717, 1.165) is 16.7 Å². The van der Waals surface area contributed by atoms with Crippen LogP contribution in [0.15, 0.2) is 51.2 Å². The minimum atomic E-state index is -0.425. The highest BCUT2D eigenvalue weighted by atomic mass is 16.8. The van der Waals surface area contributed by atoms with Gasteiger partial charge in [0, 0.05) is 6.07 Å². The van der Waals surface area contributed by atoms with Crippen molar-refractivity contribution in [2.24, 2.45) is 0 Å². The van der Waals surface area contributed by atoms with E-state index in [0.29, 0.717) is 17.1 Å². The zero-order valence-electron chi connectivity index (χ0n) is 14.6. The van der Waals surface area contributed by atoms with Crippen LogP contribution in [0.25, 0.3) is 11.6 Å². The summed E-state index contributed by atoms with van der Waals surface area (Å²) in [5, 5.41) is 19.4. The molecule has 2 aromatic rings. The van der Waals surface area contributed by atoms with Crippen LogP contribution in [-0.2, 0) is 0 Å². The molecule has 0 radical (unpaired) electrons. The predicted molar refractivity (Wildman–Crippen MR) is 97.6 cm³/mol. The Kier molecular flexibility index (Phi) is 5.80.